The molecule has 0 unspecified atom stereocenters. The van der Waals surface area contributed by atoms with Gasteiger partial charge in [0.1, 0.15) is 0 Å². The first kappa shape index (κ1) is 21.0. The van der Waals surface area contributed by atoms with Gasteiger partial charge < -0.3 is 4.74 Å². The van der Waals surface area contributed by atoms with Gasteiger partial charge in [-0.3, -0.25) is 4.79 Å². The third-order valence-electron chi connectivity index (χ3n) is 4.48. The van der Waals surface area contributed by atoms with Gasteiger partial charge in [-0.25, -0.2) is 13.2 Å². The summed E-state index contributed by atoms with van der Waals surface area (Å²) in [5.41, 5.74) is 0.187. The number of nitrogens with zero attached hydrogens (tertiary/aromatic N) is 1. The molecule has 2 aromatic rings. The third-order valence-corrected chi connectivity index (χ3v) is 7.66. The fraction of sp³-hybridized carbons (Fsp3) is 0.368. The van der Waals surface area contributed by atoms with Gasteiger partial charge in [-0.05, 0) is 49.2 Å². The second kappa shape index (κ2) is 9.17. The van der Waals surface area contributed by atoms with Gasteiger partial charge in [0.15, 0.2) is 6.61 Å². The van der Waals surface area contributed by atoms with E-state index in [2.05, 4.69) is 0 Å². The number of thiophene rings is 1. The van der Waals surface area contributed by atoms with Crippen molar-refractivity contribution in [1.29, 1.82) is 0 Å². The van der Waals surface area contributed by atoms with Crippen LogP contribution in [0.1, 0.15) is 45.7 Å². The molecule has 0 N–H and O–H groups in total. The van der Waals surface area contributed by atoms with E-state index in [0.717, 1.165) is 37.0 Å². The van der Waals surface area contributed by atoms with Crippen LogP contribution in [0.5, 0.6) is 0 Å². The minimum Gasteiger partial charge on any atom is -0.454 e. The zero-order chi connectivity index (χ0) is 20.1. The number of sulfonamides is 1. The number of ketones is 1. The van der Waals surface area contributed by atoms with Gasteiger partial charge in [-0.15, -0.1) is 11.3 Å². The number of halogens is 1. The monoisotopic (exact) mass is 441 g/mol. The second-order valence-electron chi connectivity index (χ2n) is 6.45. The van der Waals surface area contributed by atoms with Crippen LogP contribution in [0.3, 0.4) is 0 Å². The molecule has 150 valence electrons. The molecule has 2 heterocycles. The Morgan fingerprint density at radius 2 is 1.64 bits per heavy atom. The predicted molar refractivity (Wildman–Crippen MR) is 108 cm³/mol. The molecule has 1 aromatic carbocycles. The van der Waals surface area contributed by atoms with Gasteiger partial charge in [0.2, 0.25) is 15.8 Å². The summed E-state index contributed by atoms with van der Waals surface area (Å²) in [5.74, 6) is -1.03. The Balaban J connectivity index is 1.63. The van der Waals surface area contributed by atoms with Crippen molar-refractivity contribution in [2.45, 2.75) is 30.6 Å². The molecule has 1 fully saturated rings. The van der Waals surface area contributed by atoms with Crippen LogP contribution < -0.4 is 0 Å². The van der Waals surface area contributed by atoms with Crippen LogP contribution in [0.4, 0.5) is 0 Å². The first-order chi connectivity index (χ1) is 13.4. The maximum atomic E-state index is 12.8. The highest BCUT2D eigenvalue weighted by Gasteiger charge is 2.25. The Morgan fingerprint density at radius 3 is 2.21 bits per heavy atom. The molecule has 1 aliphatic rings. The summed E-state index contributed by atoms with van der Waals surface area (Å²) in [6.45, 7) is 0.630. The van der Waals surface area contributed by atoms with Crippen LogP contribution >= 0.6 is 22.9 Å². The fourth-order valence-corrected chi connectivity index (χ4v) is 5.43. The summed E-state index contributed by atoms with van der Waals surface area (Å²) in [7, 11) is -3.57. The minimum atomic E-state index is -3.57. The molecule has 0 atom stereocenters. The van der Waals surface area contributed by atoms with Crippen LogP contribution in [0.15, 0.2) is 41.3 Å². The largest absolute Gasteiger partial charge is 0.454 e. The molecular weight excluding hydrogens is 422 g/mol. The molecule has 6 nitrogen and oxygen atoms in total. The zero-order valence-electron chi connectivity index (χ0n) is 15.1. The number of rotatable bonds is 6. The van der Waals surface area contributed by atoms with E-state index in [4.69, 9.17) is 16.3 Å². The van der Waals surface area contributed by atoms with E-state index >= 15 is 0 Å². The van der Waals surface area contributed by atoms with Crippen molar-refractivity contribution in [3.63, 3.8) is 0 Å². The average Bonchev–Trinajstić information content (AvgIpc) is 2.94. The first-order valence-corrected chi connectivity index (χ1v) is 11.6. The Kier molecular flexibility index (Phi) is 6.87. The molecule has 1 aliphatic heterocycles. The zero-order valence-corrected chi connectivity index (χ0v) is 17.5. The lowest BCUT2D eigenvalue weighted by Gasteiger charge is -2.19. The van der Waals surface area contributed by atoms with Gasteiger partial charge in [0, 0.05) is 13.1 Å². The van der Waals surface area contributed by atoms with Crippen LogP contribution in [-0.2, 0) is 14.8 Å². The van der Waals surface area contributed by atoms with E-state index in [-0.39, 0.29) is 16.2 Å². The lowest BCUT2D eigenvalue weighted by atomic mass is 10.2. The van der Waals surface area contributed by atoms with E-state index in [1.807, 2.05) is 0 Å². The summed E-state index contributed by atoms with van der Waals surface area (Å²) in [6.07, 6.45) is 3.78. The van der Waals surface area contributed by atoms with E-state index in [9.17, 15) is 18.0 Å². The highest BCUT2D eigenvalue weighted by Crippen LogP contribution is 2.23. The number of hydrogen-bond donors (Lipinski definition) is 0. The maximum Gasteiger partial charge on any atom is 0.338 e. The molecule has 1 aromatic heterocycles. The lowest BCUT2D eigenvalue weighted by Crippen LogP contribution is -2.31. The Labute approximate surface area is 173 Å². The maximum absolute atomic E-state index is 12.8. The highest BCUT2D eigenvalue weighted by atomic mass is 35.5. The van der Waals surface area contributed by atoms with E-state index in [1.54, 1.807) is 12.1 Å². The number of hydrogen-bond acceptors (Lipinski definition) is 6. The third kappa shape index (κ3) is 5.00. The number of benzene rings is 1. The summed E-state index contributed by atoms with van der Waals surface area (Å²) < 4.78 is 32.5. The number of esters is 1. The number of Topliss-reactive ketones (excluding diaryl/α,β-unsaturated/α-hetero) is 1. The minimum absolute atomic E-state index is 0.148. The topological polar surface area (TPSA) is 80.8 Å². The molecule has 0 bridgehead atoms. The van der Waals surface area contributed by atoms with Gasteiger partial charge >= 0.3 is 5.97 Å². The summed E-state index contributed by atoms with van der Waals surface area (Å²) in [5, 5.41) is 0. The van der Waals surface area contributed by atoms with Crippen molar-refractivity contribution in [2.75, 3.05) is 19.7 Å². The fourth-order valence-electron chi connectivity index (χ4n) is 2.94. The molecule has 0 radical (unpaired) electrons. The Morgan fingerprint density at radius 1 is 1.00 bits per heavy atom. The average molecular weight is 442 g/mol. The molecule has 1 saturated heterocycles. The number of ether oxygens (including phenoxy) is 1. The molecule has 9 heteroatoms. The molecular formula is C19H20ClNO5S2. The van der Waals surface area contributed by atoms with Crippen LogP contribution in [0, 0.1) is 0 Å². The first-order valence-electron chi connectivity index (χ1n) is 8.94. The van der Waals surface area contributed by atoms with Crippen molar-refractivity contribution >= 4 is 44.7 Å². The molecule has 0 spiro atoms. The van der Waals surface area contributed by atoms with Crippen molar-refractivity contribution in [1.82, 2.24) is 4.31 Å². The van der Waals surface area contributed by atoms with Crippen molar-refractivity contribution in [3.8, 4) is 0 Å². The summed E-state index contributed by atoms with van der Waals surface area (Å²) in [4.78, 5) is 24.7. The van der Waals surface area contributed by atoms with Crippen molar-refractivity contribution < 1.29 is 22.7 Å². The SMILES string of the molecule is O=C(OCC(=O)c1ccc(Cl)s1)c1ccc(S(=O)(=O)N2CCCCCC2)cc1. The molecule has 0 aliphatic carbocycles. The van der Waals surface area contributed by atoms with Gasteiger partial charge in [0.25, 0.3) is 0 Å². The second-order valence-corrected chi connectivity index (χ2v) is 10.1. The normalized spacial score (nSPS) is 15.8. The van der Waals surface area contributed by atoms with Gasteiger partial charge in [-0.2, -0.15) is 4.31 Å². The number of carbonyl (C=O) groups excluding carboxylic acids is 2. The van der Waals surface area contributed by atoms with Crippen LogP contribution in [0.25, 0.3) is 0 Å². The lowest BCUT2D eigenvalue weighted by molar-refractivity contribution is 0.0475. The highest BCUT2D eigenvalue weighted by molar-refractivity contribution is 7.89. The Bertz CT molecular complexity index is 945. The standard InChI is InChI=1S/C19H20ClNO5S2/c20-18-10-9-17(27-18)16(22)13-26-19(23)14-5-7-15(8-6-14)28(24,25)21-11-3-1-2-4-12-21/h5-10H,1-4,11-13H2. The number of carbonyl (C=O) groups is 2. The van der Waals surface area contributed by atoms with Crippen molar-refractivity contribution in [2.24, 2.45) is 0 Å². The van der Waals surface area contributed by atoms with E-state index in [1.165, 1.54) is 28.6 Å². The molecule has 28 heavy (non-hydrogen) atoms. The molecule has 3 rings (SSSR count). The van der Waals surface area contributed by atoms with Gasteiger partial charge in [-0.1, -0.05) is 24.4 Å². The van der Waals surface area contributed by atoms with E-state index < -0.39 is 22.6 Å². The summed E-state index contributed by atoms with van der Waals surface area (Å²) in [6, 6.07) is 8.78. The predicted octanol–water partition coefficient (Wildman–Crippen LogP) is 4.01. The Hall–Kier alpha value is -1.74. The quantitative estimate of drug-likeness (QED) is 0.499. The van der Waals surface area contributed by atoms with Gasteiger partial charge in [0.05, 0.1) is 19.7 Å². The smallest absolute Gasteiger partial charge is 0.338 e. The molecule has 0 saturated carbocycles. The van der Waals surface area contributed by atoms with Crippen LogP contribution in [0.2, 0.25) is 4.34 Å². The molecule has 0 amide bonds. The van der Waals surface area contributed by atoms with Crippen molar-refractivity contribution in [3.05, 3.63) is 51.2 Å². The summed E-state index contributed by atoms with van der Waals surface area (Å²) >= 11 is 6.90. The van der Waals surface area contributed by atoms with Crippen LogP contribution in [-0.4, -0.2) is 44.2 Å². The van der Waals surface area contributed by atoms with E-state index in [0.29, 0.717) is 22.3 Å².